The third-order valence-electron chi connectivity index (χ3n) is 5.17. The van der Waals surface area contributed by atoms with Crippen LogP contribution in [0, 0.1) is 0 Å². The van der Waals surface area contributed by atoms with Gasteiger partial charge in [-0.2, -0.15) is 13.2 Å². The first-order valence-electron chi connectivity index (χ1n) is 10.2. The molecule has 30 heavy (non-hydrogen) atoms. The van der Waals surface area contributed by atoms with Gasteiger partial charge in [0.2, 0.25) is 5.91 Å². The number of amides is 1. The fourth-order valence-corrected chi connectivity index (χ4v) is 3.10. The third kappa shape index (κ3) is 7.51. The number of hydrogen-bond donors (Lipinski definition) is 2. The summed E-state index contributed by atoms with van der Waals surface area (Å²) in [6.07, 6.45) is -2.50. The molecule has 2 N–H and O–H groups in total. The predicted molar refractivity (Wildman–Crippen MR) is 112 cm³/mol. The number of rotatable bonds is 7. The van der Waals surface area contributed by atoms with Crippen molar-refractivity contribution in [2.45, 2.75) is 51.5 Å². The van der Waals surface area contributed by atoms with Crippen LogP contribution in [0.1, 0.15) is 37.8 Å². The van der Waals surface area contributed by atoms with Gasteiger partial charge >= 0.3 is 6.18 Å². The number of guanidine groups is 1. The number of nitrogens with zero attached hydrogens (tertiary/aromatic N) is 3. The van der Waals surface area contributed by atoms with Gasteiger partial charge in [-0.15, -0.1) is 0 Å². The smallest absolute Gasteiger partial charge is 0.354 e. The number of nitrogens with one attached hydrogen (secondary N) is 2. The lowest BCUT2D eigenvalue weighted by Crippen LogP contribution is -2.47. The van der Waals surface area contributed by atoms with Crippen LogP contribution in [0.4, 0.5) is 13.2 Å². The Bertz CT molecular complexity index is 718. The molecule has 6 nitrogen and oxygen atoms in total. The number of likely N-dealkylation sites (N-methyl/N-ethyl adjacent to an activating group) is 1. The van der Waals surface area contributed by atoms with E-state index in [0.29, 0.717) is 12.5 Å². The summed E-state index contributed by atoms with van der Waals surface area (Å²) in [6, 6.07) is 5.70. The third-order valence-corrected chi connectivity index (χ3v) is 5.17. The van der Waals surface area contributed by atoms with E-state index in [9.17, 15) is 18.0 Å². The minimum Gasteiger partial charge on any atom is -0.354 e. The van der Waals surface area contributed by atoms with E-state index < -0.39 is 11.7 Å². The Morgan fingerprint density at radius 2 is 1.97 bits per heavy atom. The largest absolute Gasteiger partial charge is 0.416 e. The van der Waals surface area contributed by atoms with Crippen LogP contribution in [0.25, 0.3) is 0 Å². The maximum atomic E-state index is 12.7. The molecular formula is C21H32F3N5O. The Labute approximate surface area is 176 Å². The lowest BCUT2D eigenvalue weighted by Gasteiger charge is -2.22. The molecule has 1 heterocycles. The van der Waals surface area contributed by atoms with E-state index >= 15 is 0 Å². The van der Waals surface area contributed by atoms with E-state index in [1.165, 1.54) is 17.0 Å². The van der Waals surface area contributed by atoms with Crippen molar-refractivity contribution < 1.29 is 18.0 Å². The summed E-state index contributed by atoms with van der Waals surface area (Å²) in [4.78, 5) is 20.0. The molecule has 1 aliphatic heterocycles. The lowest BCUT2D eigenvalue weighted by atomic mass is 10.1. The van der Waals surface area contributed by atoms with Crippen molar-refractivity contribution in [3.8, 4) is 0 Å². The molecule has 1 amide bonds. The van der Waals surface area contributed by atoms with Crippen molar-refractivity contribution in [1.29, 1.82) is 0 Å². The van der Waals surface area contributed by atoms with Gasteiger partial charge in [-0.25, -0.2) is 4.99 Å². The van der Waals surface area contributed by atoms with Gasteiger partial charge in [0, 0.05) is 45.8 Å². The molecule has 168 valence electrons. The normalized spacial score (nSPS) is 18.9. The van der Waals surface area contributed by atoms with Gasteiger partial charge in [-0.3, -0.25) is 9.69 Å². The molecule has 0 saturated carbocycles. The van der Waals surface area contributed by atoms with Crippen LogP contribution in [-0.2, 0) is 17.5 Å². The molecule has 0 bridgehead atoms. The van der Waals surface area contributed by atoms with Gasteiger partial charge < -0.3 is 15.5 Å². The Morgan fingerprint density at radius 3 is 2.53 bits per heavy atom. The molecule has 0 aliphatic carbocycles. The fraction of sp³-hybridized carbons (Fsp3) is 0.619. The quantitative estimate of drug-likeness (QED) is 0.519. The van der Waals surface area contributed by atoms with Crippen molar-refractivity contribution in [2.24, 2.45) is 4.99 Å². The highest BCUT2D eigenvalue weighted by molar-refractivity contribution is 5.85. The topological polar surface area (TPSA) is 60.0 Å². The number of carbonyl (C=O) groups excluding carboxylic acids is 1. The van der Waals surface area contributed by atoms with Crippen LogP contribution in [-0.4, -0.2) is 67.5 Å². The Morgan fingerprint density at radius 1 is 1.30 bits per heavy atom. The minimum atomic E-state index is -4.31. The second kappa shape index (κ2) is 10.7. The first-order valence-corrected chi connectivity index (χ1v) is 10.2. The molecule has 1 aromatic rings. The van der Waals surface area contributed by atoms with Crippen LogP contribution < -0.4 is 10.6 Å². The number of benzene rings is 1. The standard InChI is InChI=1S/C21H32F3N5O/c1-5-15(2)26-20(25-12-19(30)28(3)4)27-18-10-11-29(14-18)13-16-6-8-17(9-7-16)21(22,23)24/h6-9,15,18H,5,10-14H2,1-4H3,(H2,25,26,27). The second-order valence-corrected chi connectivity index (χ2v) is 7.97. The van der Waals surface area contributed by atoms with Crippen LogP contribution in [0.2, 0.25) is 0 Å². The van der Waals surface area contributed by atoms with Gasteiger partial charge in [0.15, 0.2) is 5.96 Å². The minimum absolute atomic E-state index is 0.0702. The Kier molecular flexibility index (Phi) is 8.52. The molecule has 1 fully saturated rings. The first-order chi connectivity index (χ1) is 14.1. The van der Waals surface area contributed by atoms with Gasteiger partial charge in [0.05, 0.1) is 5.56 Å². The van der Waals surface area contributed by atoms with Crippen LogP contribution in [0.3, 0.4) is 0 Å². The highest BCUT2D eigenvalue weighted by atomic mass is 19.4. The summed E-state index contributed by atoms with van der Waals surface area (Å²) < 4.78 is 38.1. The first kappa shape index (κ1) is 24.0. The molecule has 0 radical (unpaired) electrons. The monoisotopic (exact) mass is 427 g/mol. The number of hydrogen-bond acceptors (Lipinski definition) is 3. The van der Waals surface area contributed by atoms with Gasteiger partial charge in [0.1, 0.15) is 6.54 Å². The van der Waals surface area contributed by atoms with Gasteiger partial charge in [-0.1, -0.05) is 19.1 Å². The van der Waals surface area contributed by atoms with E-state index in [1.54, 1.807) is 14.1 Å². The summed E-state index contributed by atoms with van der Waals surface area (Å²) in [5, 5.41) is 6.71. The summed E-state index contributed by atoms with van der Waals surface area (Å²) in [5.41, 5.74) is 0.225. The van der Waals surface area contributed by atoms with Crippen molar-refractivity contribution in [3.63, 3.8) is 0 Å². The SMILES string of the molecule is CCC(C)NC(=NCC(=O)N(C)C)NC1CCN(Cc2ccc(C(F)(F)F)cc2)C1. The molecule has 2 atom stereocenters. The van der Waals surface area contributed by atoms with Crippen molar-refractivity contribution in [3.05, 3.63) is 35.4 Å². The lowest BCUT2D eigenvalue weighted by molar-refractivity contribution is -0.137. The zero-order valence-electron chi connectivity index (χ0n) is 18.1. The number of alkyl halides is 3. The molecule has 2 rings (SSSR count). The predicted octanol–water partition coefficient (Wildman–Crippen LogP) is 2.70. The van der Waals surface area contributed by atoms with Crippen molar-refractivity contribution in [1.82, 2.24) is 20.4 Å². The molecule has 1 aromatic carbocycles. The molecule has 0 spiro atoms. The number of halogens is 3. The van der Waals surface area contributed by atoms with Crippen molar-refractivity contribution >= 4 is 11.9 Å². The average molecular weight is 428 g/mol. The van der Waals surface area contributed by atoms with Crippen molar-refractivity contribution in [2.75, 3.05) is 33.7 Å². The molecule has 9 heteroatoms. The summed E-state index contributed by atoms with van der Waals surface area (Å²) in [6.45, 7) is 6.38. The molecule has 1 aliphatic rings. The van der Waals surface area contributed by atoms with Crippen LogP contribution >= 0.6 is 0 Å². The maximum Gasteiger partial charge on any atom is 0.416 e. The summed E-state index contributed by atoms with van der Waals surface area (Å²) in [7, 11) is 3.40. The number of carbonyl (C=O) groups is 1. The Hall–Kier alpha value is -2.29. The van der Waals surface area contributed by atoms with E-state index in [-0.39, 0.29) is 24.5 Å². The Balaban J connectivity index is 1.93. The van der Waals surface area contributed by atoms with E-state index in [1.807, 2.05) is 0 Å². The van der Waals surface area contributed by atoms with Crippen LogP contribution in [0.5, 0.6) is 0 Å². The number of aliphatic imine (C=N–C) groups is 1. The zero-order chi connectivity index (χ0) is 22.3. The van der Waals surface area contributed by atoms with Crippen LogP contribution in [0.15, 0.2) is 29.3 Å². The van der Waals surface area contributed by atoms with E-state index in [4.69, 9.17) is 0 Å². The highest BCUT2D eigenvalue weighted by Crippen LogP contribution is 2.29. The zero-order valence-corrected chi connectivity index (χ0v) is 18.1. The summed E-state index contributed by atoms with van der Waals surface area (Å²) in [5.74, 6) is 0.538. The average Bonchev–Trinajstić information content (AvgIpc) is 3.12. The number of likely N-dealkylation sites (tertiary alicyclic amines) is 1. The van der Waals surface area contributed by atoms with E-state index in [0.717, 1.165) is 43.6 Å². The maximum absolute atomic E-state index is 12.7. The molecular weight excluding hydrogens is 395 g/mol. The van der Waals surface area contributed by atoms with Gasteiger partial charge in [-0.05, 0) is 37.5 Å². The van der Waals surface area contributed by atoms with Gasteiger partial charge in [0.25, 0.3) is 0 Å². The fourth-order valence-electron chi connectivity index (χ4n) is 3.10. The second-order valence-electron chi connectivity index (χ2n) is 7.97. The highest BCUT2D eigenvalue weighted by Gasteiger charge is 2.30. The molecule has 0 aromatic heterocycles. The van der Waals surface area contributed by atoms with E-state index in [2.05, 4.69) is 34.4 Å². The molecule has 1 saturated heterocycles. The summed E-state index contributed by atoms with van der Waals surface area (Å²) >= 11 is 0. The molecule has 2 unspecified atom stereocenters.